The average molecular weight is 436 g/mol. The van der Waals surface area contributed by atoms with Gasteiger partial charge in [-0.15, -0.1) is 0 Å². The van der Waals surface area contributed by atoms with Crippen molar-refractivity contribution in [2.45, 2.75) is 23.3 Å². The summed E-state index contributed by atoms with van der Waals surface area (Å²) in [7, 11) is -2.17. The first-order valence-corrected chi connectivity index (χ1v) is 10.9. The Morgan fingerprint density at radius 2 is 1.81 bits per heavy atom. The highest BCUT2D eigenvalue weighted by Crippen LogP contribution is 2.27. The molecule has 1 amide bonds. The first kappa shape index (κ1) is 20.5. The van der Waals surface area contributed by atoms with Crippen LogP contribution in [-0.4, -0.2) is 36.6 Å². The number of hydrogen-bond donors (Lipinski definition) is 2. The average Bonchev–Trinajstić information content (AvgIpc) is 3.26. The summed E-state index contributed by atoms with van der Waals surface area (Å²) in [5, 5.41) is 10.2. The summed E-state index contributed by atoms with van der Waals surface area (Å²) in [6.07, 6.45) is 3.07. The summed E-state index contributed by atoms with van der Waals surface area (Å²) < 4.78 is 31.1. The van der Waals surface area contributed by atoms with Gasteiger partial charge in [0.25, 0.3) is 5.91 Å². The molecule has 2 aromatic heterocycles. The van der Waals surface area contributed by atoms with Gasteiger partial charge in [0, 0.05) is 18.1 Å². The highest BCUT2D eigenvalue weighted by Gasteiger charge is 2.19. The molecule has 0 radical (unpaired) electrons. The minimum Gasteiger partial charge on any atom is -0.496 e. The van der Waals surface area contributed by atoms with Gasteiger partial charge in [-0.2, -0.15) is 5.10 Å². The van der Waals surface area contributed by atoms with Gasteiger partial charge in [0.2, 0.25) is 9.84 Å². The second-order valence-corrected chi connectivity index (χ2v) is 8.94. The number of methoxy groups -OCH3 is 1. The van der Waals surface area contributed by atoms with Crippen LogP contribution in [0.25, 0.3) is 11.0 Å². The van der Waals surface area contributed by atoms with Crippen molar-refractivity contribution in [1.82, 2.24) is 20.5 Å². The Labute approximate surface area is 179 Å². The van der Waals surface area contributed by atoms with Gasteiger partial charge < -0.3 is 10.1 Å². The predicted molar refractivity (Wildman–Crippen MR) is 115 cm³/mol. The van der Waals surface area contributed by atoms with E-state index in [-0.39, 0.29) is 22.2 Å². The number of ether oxygens (including phenoxy) is 1. The molecule has 0 aliphatic carbocycles. The number of amides is 1. The van der Waals surface area contributed by atoms with Crippen LogP contribution in [0.4, 0.5) is 0 Å². The van der Waals surface area contributed by atoms with E-state index in [0.717, 1.165) is 16.5 Å². The highest BCUT2D eigenvalue weighted by molar-refractivity contribution is 7.91. The first-order chi connectivity index (χ1) is 14.9. The number of H-pyrrole nitrogens is 1. The van der Waals surface area contributed by atoms with Gasteiger partial charge in [0.1, 0.15) is 5.75 Å². The Morgan fingerprint density at radius 3 is 2.55 bits per heavy atom. The van der Waals surface area contributed by atoms with E-state index in [1.807, 2.05) is 6.92 Å². The van der Waals surface area contributed by atoms with Crippen molar-refractivity contribution < 1.29 is 17.9 Å². The molecule has 31 heavy (non-hydrogen) atoms. The Morgan fingerprint density at radius 1 is 1.06 bits per heavy atom. The first-order valence-electron chi connectivity index (χ1n) is 9.44. The fourth-order valence-corrected chi connectivity index (χ4v) is 4.41. The van der Waals surface area contributed by atoms with Crippen molar-refractivity contribution in [2.75, 3.05) is 7.11 Å². The zero-order valence-electron chi connectivity index (χ0n) is 16.9. The number of aromatic nitrogens is 3. The van der Waals surface area contributed by atoms with E-state index in [2.05, 4.69) is 20.5 Å². The number of benzene rings is 2. The van der Waals surface area contributed by atoms with Crippen molar-refractivity contribution in [3.8, 4) is 5.75 Å². The number of nitrogens with one attached hydrogen (secondary N) is 2. The van der Waals surface area contributed by atoms with Crippen LogP contribution in [0.2, 0.25) is 0 Å². The summed E-state index contributed by atoms with van der Waals surface area (Å²) in [6, 6.07) is 12.9. The summed E-state index contributed by atoms with van der Waals surface area (Å²) >= 11 is 0. The third-order valence-corrected chi connectivity index (χ3v) is 6.70. The van der Waals surface area contributed by atoms with E-state index >= 15 is 0 Å². The highest BCUT2D eigenvalue weighted by atomic mass is 32.2. The number of hydrogen-bond acceptors (Lipinski definition) is 6. The quantitative estimate of drug-likeness (QED) is 0.480. The summed E-state index contributed by atoms with van der Waals surface area (Å²) in [5.74, 6) is 0.238. The Hall–Kier alpha value is -3.72. The normalized spacial score (nSPS) is 11.4. The molecule has 0 atom stereocenters. The van der Waals surface area contributed by atoms with Crippen LogP contribution in [-0.2, 0) is 16.4 Å². The van der Waals surface area contributed by atoms with Gasteiger partial charge in [0.15, 0.2) is 5.65 Å². The Bertz CT molecular complexity index is 1360. The molecule has 0 saturated carbocycles. The number of aryl methyl sites for hydroxylation is 1. The molecule has 2 N–H and O–H groups in total. The zero-order chi connectivity index (χ0) is 22.0. The minimum atomic E-state index is -3.68. The second-order valence-electron chi connectivity index (χ2n) is 6.99. The molecular weight excluding hydrogens is 416 g/mol. The molecule has 0 spiro atoms. The van der Waals surface area contributed by atoms with Crippen molar-refractivity contribution in [3.63, 3.8) is 0 Å². The van der Waals surface area contributed by atoms with E-state index < -0.39 is 9.84 Å². The molecule has 0 saturated heterocycles. The molecule has 8 nitrogen and oxygen atoms in total. The van der Waals surface area contributed by atoms with Gasteiger partial charge in [-0.1, -0.05) is 18.2 Å². The summed E-state index contributed by atoms with van der Waals surface area (Å²) in [4.78, 5) is 16.9. The van der Waals surface area contributed by atoms with E-state index in [0.29, 0.717) is 17.0 Å². The van der Waals surface area contributed by atoms with Gasteiger partial charge >= 0.3 is 0 Å². The number of aromatic amines is 1. The lowest BCUT2D eigenvalue weighted by atomic mass is 10.2. The number of sulfone groups is 1. The predicted octanol–water partition coefficient (Wildman–Crippen LogP) is 3.04. The maximum absolute atomic E-state index is 12.9. The van der Waals surface area contributed by atoms with E-state index in [4.69, 9.17) is 4.74 Å². The van der Waals surface area contributed by atoms with Crippen molar-refractivity contribution >= 4 is 26.8 Å². The van der Waals surface area contributed by atoms with E-state index in [1.165, 1.54) is 31.5 Å². The fraction of sp³-hybridized carbons (Fsp3) is 0.136. The van der Waals surface area contributed by atoms with Gasteiger partial charge in [0.05, 0.1) is 28.7 Å². The molecular formula is C22H20N4O4S. The smallest absolute Gasteiger partial charge is 0.253 e. The monoisotopic (exact) mass is 436 g/mol. The molecule has 4 rings (SSSR count). The van der Waals surface area contributed by atoms with Crippen LogP contribution in [0.1, 0.15) is 21.5 Å². The molecule has 0 bridgehead atoms. The second kappa shape index (κ2) is 8.19. The van der Waals surface area contributed by atoms with E-state index in [9.17, 15) is 13.2 Å². The van der Waals surface area contributed by atoms with Crippen molar-refractivity contribution in [1.29, 1.82) is 0 Å². The van der Waals surface area contributed by atoms with Gasteiger partial charge in [-0.25, -0.2) is 13.4 Å². The molecule has 9 heteroatoms. The van der Waals surface area contributed by atoms with Crippen LogP contribution < -0.4 is 10.1 Å². The number of carbonyl (C=O) groups excluding carboxylic acids is 1. The third kappa shape index (κ3) is 4.13. The molecule has 0 unspecified atom stereocenters. The third-order valence-electron chi connectivity index (χ3n) is 4.93. The van der Waals surface area contributed by atoms with Crippen LogP contribution >= 0.6 is 0 Å². The Balaban J connectivity index is 1.47. The lowest BCUT2D eigenvalue weighted by molar-refractivity contribution is 0.0950. The number of nitrogens with zero attached hydrogens (tertiary/aromatic N) is 2. The van der Waals surface area contributed by atoms with Crippen LogP contribution in [0.15, 0.2) is 70.7 Å². The molecule has 158 valence electrons. The largest absolute Gasteiger partial charge is 0.496 e. The molecule has 2 heterocycles. The lowest BCUT2D eigenvalue weighted by Gasteiger charge is -2.10. The molecule has 2 aromatic carbocycles. The fourth-order valence-electron chi connectivity index (χ4n) is 3.14. The van der Waals surface area contributed by atoms with Crippen LogP contribution in [0.5, 0.6) is 5.75 Å². The number of fused-ring (bicyclic) bond motifs is 1. The van der Waals surface area contributed by atoms with Crippen molar-refractivity contribution in [3.05, 3.63) is 77.6 Å². The molecule has 0 aliphatic rings. The SMILES string of the molecule is COc1cc(S(=O)(=O)c2ccc(CNC(=O)c3cnc4[nH]ncc4c3)cc2)ccc1C. The molecule has 0 aliphatic heterocycles. The molecule has 0 fully saturated rings. The summed E-state index contributed by atoms with van der Waals surface area (Å²) in [6.45, 7) is 2.10. The van der Waals surface area contributed by atoms with Gasteiger partial charge in [-0.05, 0) is 48.4 Å². The van der Waals surface area contributed by atoms with Crippen LogP contribution in [0, 0.1) is 6.92 Å². The standard InChI is InChI=1S/C22H20N4O4S/c1-14-3-6-19(10-20(14)30-2)31(28,29)18-7-4-15(5-8-18)11-24-22(27)17-9-16-13-25-26-21(16)23-12-17/h3-10,12-13H,11H2,1-2H3,(H,24,27)(H,23,25,26). The number of pyridine rings is 1. The summed E-state index contributed by atoms with van der Waals surface area (Å²) in [5.41, 5.74) is 2.65. The maximum Gasteiger partial charge on any atom is 0.253 e. The van der Waals surface area contributed by atoms with Crippen LogP contribution in [0.3, 0.4) is 0 Å². The Kier molecular flexibility index (Phi) is 5.43. The minimum absolute atomic E-state index is 0.165. The van der Waals surface area contributed by atoms with Gasteiger partial charge in [-0.3, -0.25) is 9.89 Å². The number of rotatable bonds is 6. The number of carbonyl (C=O) groups is 1. The molecule has 4 aromatic rings. The van der Waals surface area contributed by atoms with Crippen molar-refractivity contribution in [2.24, 2.45) is 0 Å². The topological polar surface area (TPSA) is 114 Å². The maximum atomic E-state index is 12.9. The zero-order valence-corrected chi connectivity index (χ0v) is 17.7. The lowest BCUT2D eigenvalue weighted by Crippen LogP contribution is -2.22. The van der Waals surface area contributed by atoms with E-state index in [1.54, 1.807) is 36.5 Å².